The highest BCUT2D eigenvalue weighted by Crippen LogP contribution is 2.72. The Hall–Kier alpha value is 0.0969. The minimum atomic E-state index is -1.96. The summed E-state index contributed by atoms with van der Waals surface area (Å²) in [7, 11) is -1.96. The fourth-order valence-corrected chi connectivity index (χ4v) is 9.96. The van der Waals surface area contributed by atoms with E-state index in [1.165, 1.54) is 0 Å². The molecule has 0 unspecified atom stereocenters. The number of hydrogen-bond donors (Lipinski definition) is 1. The zero-order valence-electron chi connectivity index (χ0n) is 21.1. The van der Waals surface area contributed by atoms with Crippen molar-refractivity contribution in [3.05, 3.63) is 0 Å². The van der Waals surface area contributed by atoms with Crippen LogP contribution in [0.5, 0.6) is 0 Å². The monoisotopic (exact) mass is 468 g/mol. The minimum absolute atomic E-state index is 0.0153. The van der Waals surface area contributed by atoms with Gasteiger partial charge in [-0.3, -0.25) is 4.79 Å². The molecular weight excluding hydrogens is 424 g/mol. The van der Waals surface area contributed by atoms with Gasteiger partial charge >= 0.3 is 0 Å². The van der Waals surface area contributed by atoms with E-state index >= 15 is 0 Å². The number of hydrogen-bond acceptors (Lipinski definition) is 3. The van der Waals surface area contributed by atoms with Crippen LogP contribution in [-0.2, 0) is 9.22 Å². The van der Waals surface area contributed by atoms with Gasteiger partial charge in [-0.05, 0) is 79.3 Å². The van der Waals surface area contributed by atoms with Crippen LogP contribution in [0.3, 0.4) is 0 Å². The molecule has 3 nitrogen and oxygen atoms in total. The van der Waals surface area contributed by atoms with E-state index in [2.05, 4.69) is 54.6 Å². The molecule has 1 spiro atoms. The highest BCUT2D eigenvalue weighted by Gasteiger charge is 2.72. The predicted molar refractivity (Wildman–Crippen MR) is 130 cm³/mol. The third-order valence-electron chi connectivity index (χ3n) is 11.3. The quantitative estimate of drug-likeness (QED) is 0.368. The lowest BCUT2D eigenvalue weighted by Crippen LogP contribution is -2.65. The van der Waals surface area contributed by atoms with Crippen molar-refractivity contribution in [3.8, 4) is 0 Å². The van der Waals surface area contributed by atoms with Crippen molar-refractivity contribution < 1.29 is 14.3 Å². The molecule has 0 aromatic heterocycles. The highest BCUT2D eigenvalue weighted by atomic mass is 35.5. The number of alkyl halides is 1. The smallest absolute Gasteiger partial charge is 0.192 e. The van der Waals surface area contributed by atoms with Crippen molar-refractivity contribution in [1.29, 1.82) is 0 Å². The fourth-order valence-electron chi connectivity index (χ4n) is 7.88. The summed E-state index contributed by atoms with van der Waals surface area (Å²) in [5.74, 6) is 0.922. The third-order valence-corrected chi connectivity index (χ3v) is 16.4. The molecule has 4 aliphatic carbocycles. The van der Waals surface area contributed by atoms with Crippen LogP contribution in [0, 0.1) is 34.0 Å². The molecule has 31 heavy (non-hydrogen) atoms. The van der Waals surface area contributed by atoms with Crippen LogP contribution in [0.1, 0.15) is 86.5 Å². The van der Waals surface area contributed by atoms with E-state index in [4.69, 9.17) is 16.0 Å². The Kier molecular flexibility index (Phi) is 5.70. The van der Waals surface area contributed by atoms with Gasteiger partial charge in [-0.15, -0.1) is 11.6 Å². The van der Waals surface area contributed by atoms with Crippen LogP contribution in [-0.4, -0.2) is 36.8 Å². The van der Waals surface area contributed by atoms with E-state index in [1.54, 1.807) is 0 Å². The average molecular weight is 469 g/mol. The van der Waals surface area contributed by atoms with Gasteiger partial charge in [0.15, 0.2) is 14.1 Å². The van der Waals surface area contributed by atoms with E-state index in [1.807, 2.05) is 0 Å². The first-order valence-corrected chi connectivity index (χ1v) is 16.0. The van der Waals surface area contributed by atoms with Crippen molar-refractivity contribution in [1.82, 2.24) is 0 Å². The maximum atomic E-state index is 13.2. The van der Waals surface area contributed by atoms with Crippen LogP contribution < -0.4 is 0 Å². The van der Waals surface area contributed by atoms with Crippen LogP contribution in [0.15, 0.2) is 0 Å². The van der Waals surface area contributed by atoms with Gasteiger partial charge in [0.1, 0.15) is 0 Å². The van der Waals surface area contributed by atoms with Crippen molar-refractivity contribution >= 4 is 25.7 Å². The van der Waals surface area contributed by atoms with Crippen LogP contribution in [0.4, 0.5) is 0 Å². The first-order chi connectivity index (χ1) is 14.1. The Labute approximate surface area is 196 Å². The van der Waals surface area contributed by atoms with E-state index in [-0.39, 0.29) is 56.5 Å². The number of carbonyl (C=O) groups is 1. The molecular formula is C26H45ClO3Si. The molecule has 4 fully saturated rings. The number of ketones is 1. The van der Waals surface area contributed by atoms with Crippen molar-refractivity contribution in [2.75, 3.05) is 0 Å². The molecule has 4 rings (SSSR count). The van der Waals surface area contributed by atoms with E-state index in [0.29, 0.717) is 5.92 Å². The van der Waals surface area contributed by atoms with Crippen molar-refractivity contribution in [3.63, 3.8) is 0 Å². The summed E-state index contributed by atoms with van der Waals surface area (Å²) < 4.78 is 7.05. The first-order valence-electron chi connectivity index (χ1n) is 12.6. The number of Topliss-reactive ketones (excluding diaryl/α,β-unsaturated/α-hetero) is 1. The summed E-state index contributed by atoms with van der Waals surface area (Å²) in [4.78, 5) is 13.2. The number of rotatable bonds is 2. The SMILES string of the molecule is CC1(C)[C@H]2CC[C@@]13[C@H](Cl)C(=O)[C@@H]3C[C@H]1[C@@H](O[Si](C)(C)C(C)(C)C)CCC[C@@]1(C)[C@@H](O)C2. The Morgan fingerprint density at radius 1 is 1.10 bits per heavy atom. The molecule has 178 valence electrons. The molecule has 0 saturated heterocycles. The number of halogens is 1. The summed E-state index contributed by atoms with van der Waals surface area (Å²) in [6.45, 7) is 18.5. The Balaban J connectivity index is 1.75. The van der Waals surface area contributed by atoms with E-state index < -0.39 is 8.32 Å². The maximum Gasteiger partial charge on any atom is 0.192 e. The molecule has 4 aliphatic rings. The highest BCUT2D eigenvalue weighted by molar-refractivity contribution is 6.74. The molecule has 0 aromatic carbocycles. The third kappa shape index (κ3) is 3.21. The molecule has 4 saturated carbocycles. The maximum absolute atomic E-state index is 13.2. The number of aliphatic hydroxyl groups excluding tert-OH is 1. The summed E-state index contributed by atoms with van der Waals surface area (Å²) in [5.41, 5.74) is -0.316. The Morgan fingerprint density at radius 3 is 2.35 bits per heavy atom. The van der Waals surface area contributed by atoms with E-state index in [9.17, 15) is 9.90 Å². The molecule has 8 atom stereocenters. The molecule has 0 amide bonds. The molecule has 0 aliphatic heterocycles. The Morgan fingerprint density at radius 2 is 1.74 bits per heavy atom. The van der Waals surface area contributed by atoms with Gasteiger partial charge in [0.25, 0.3) is 0 Å². The van der Waals surface area contributed by atoms with Gasteiger partial charge in [0.2, 0.25) is 0 Å². The zero-order chi connectivity index (χ0) is 23.2. The standard InChI is InChI=1S/C26H45ClO3Si/c1-23(2,3)31(7,8)30-19-10-9-12-25(6)17(19)15-18-21(29)22(27)26(18)13-11-16(14-20(25)28)24(26,4)5/h16-20,22,28H,9-15H2,1-8H3/t16-,17-,18-,19-,20-,22+,25+,26+/m0/s1. The van der Waals surface area contributed by atoms with Gasteiger partial charge in [0.05, 0.1) is 11.5 Å². The summed E-state index contributed by atoms with van der Waals surface area (Å²) in [5, 5.41) is 11.5. The second kappa shape index (κ2) is 7.30. The number of aliphatic hydroxyl groups is 1. The van der Waals surface area contributed by atoms with Gasteiger partial charge in [-0.25, -0.2) is 0 Å². The van der Waals surface area contributed by atoms with Gasteiger partial charge in [-0.2, -0.15) is 0 Å². The normalized spacial score (nSPS) is 47.5. The molecule has 0 heterocycles. The molecule has 1 N–H and O–H groups in total. The second-order valence-corrected chi connectivity index (χ2v) is 18.9. The number of fused-ring (bicyclic) bond motifs is 2. The first kappa shape index (κ1) is 24.2. The van der Waals surface area contributed by atoms with Crippen LogP contribution in [0.2, 0.25) is 18.1 Å². The van der Waals surface area contributed by atoms with Crippen molar-refractivity contribution in [2.45, 2.75) is 122 Å². The van der Waals surface area contributed by atoms with Crippen LogP contribution >= 0.6 is 11.6 Å². The minimum Gasteiger partial charge on any atom is -0.414 e. The molecule has 5 heteroatoms. The average Bonchev–Trinajstić information content (AvgIpc) is 2.92. The van der Waals surface area contributed by atoms with Gasteiger partial charge in [0, 0.05) is 17.4 Å². The molecule has 0 aromatic rings. The largest absolute Gasteiger partial charge is 0.414 e. The summed E-state index contributed by atoms with van der Waals surface area (Å²) in [6.07, 6.45) is 6.74. The predicted octanol–water partition coefficient (Wildman–Crippen LogP) is 6.57. The second-order valence-electron chi connectivity index (χ2n) is 13.7. The van der Waals surface area contributed by atoms with Crippen molar-refractivity contribution in [2.24, 2.45) is 34.0 Å². The molecule has 2 bridgehead atoms. The lowest BCUT2D eigenvalue weighted by Gasteiger charge is -2.60. The number of carbonyl (C=O) groups excluding carboxylic acids is 1. The van der Waals surface area contributed by atoms with Crippen LogP contribution in [0.25, 0.3) is 0 Å². The topological polar surface area (TPSA) is 46.5 Å². The zero-order valence-corrected chi connectivity index (χ0v) is 22.8. The lowest BCUT2D eigenvalue weighted by atomic mass is 9.46. The molecule has 0 radical (unpaired) electrons. The lowest BCUT2D eigenvalue weighted by molar-refractivity contribution is -0.158. The Bertz CT molecular complexity index is 743. The summed E-state index contributed by atoms with van der Waals surface area (Å²) in [6, 6.07) is 0. The van der Waals surface area contributed by atoms with Gasteiger partial charge < -0.3 is 9.53 Å². The van der Waals surface area contributed by atoms with Gasteiger partial charge in [-0.1, -0.05) is 48.0 Å². The fraction of sp³-hybridized carbons (Fsp3) is 0.962. The van der Waals surface area contributed by atoms with E-state index in [0.717, 1.165) is 44.9 Å². The summed E-state index contributed by atoms with van der Waals surface area (Å²) >= 11 is 6.83.